The Morgan fingerprint density at radius 3 is 2.73 bits per heavy atom. The number of fused-ring (bicyclic) bond motifs is 1. The molecular formula is C17H25NO4. The number of aliphatic hydroxyl groups excluding tert-OH is 1. The number of hydrogen-bond donors (Lipinski definition) is 1. The molecule has 1 N–H and O–H groups in total. The van der Waals surface area contributed by atoms with Gasteiger partial charge < -0.3 is 19.3 Å². The van der Waals surface area contributed by atoms with E-state index in [4.69, 9.17) is 14.2 Å². The first-order valence-electron chi connectivity index (χ1n) is 7.99. The molecule has 1 aromatic carbocycles. The predicted molar refractivity (Wildman–Crippen MR) is 83.5 cm³/mol. The average Bonchev–Trinajstić information content (AvgIpc) is 2.47. The molecule has 0 spiro atoms. The minimum atomic E-state index is -0.639. The summed E-state index contributed by atoms with van der Waals surface area (Å²) in [5, 5.41) is 11.1. The number of hydrogen-bond acceptors (Lipinski definition) is 5. The van der Waals surface area contributed by atoms with Gasteiger partial charge in [0.05, 0.1) is 31.4 Å². The van der Waals surface area contributed by atoms with E-state index < -0.39 is 11.7 Å². The lowest BCUT2D eigenvalue weighted by Crippen LogP contribution is -2.60. The molecule has 1 fully saturated rings. The van der Waals surface area contributed by atoms with E-state index in [0.29, 0.717) is 31.3 Å². The third kappa shape index (κ3) is 2.69. The largest absolute Gasteiger partial charge is 0.493 e. The van der Waals surface area contributed by atoms with Gasteiger partial charge in [-0.3, -0.25) is 4.90 Å². The SMILES string of the molecule is CCOc1cccc2c1C(O)C(N1CCOCC1)C(C)(C)O2. The van der Waals surface area contributed by atoms with Crippen LogP contribution in [0.3, 0.4) is 0 Å². The monoisotopic (exact) mass is 307 g/mol. The van der Waals surface area contributed by atoms with Gasteiger partial charge >= 0.3 is 0 Å². The molecule has 2 aliphatic rings. The van der Waals surface area contributed by atoms with Crippen molar-refractivity contribution in [2.75, 3.05) is 32.9 Å². The molecule has 5 nitrogen and oxygen atoms in total. The molecular weight excluding hydrogens is 282 g/mol. The topological polar surface area (TPSA) is 51.2 Å². The molecule has 2 unspecified atom stereocenters. The molecule has 0 amide bonds. The van der Waals surface area contributed by atoms with Gasteiger partial charge in [-0.15, -0.1) is 0 Å². The zero-order valence-electron chi connectivity index (χ0n) is 13.5. The number of aliphatic hydroxyl groups is 1. The van der Waals surface area contributed by atoms with Crippen molar-refractivity contribution in [2.45, 2.75) is 38.5 Å². The summed E-state index contributed by atoms with van der Waals surface area (Å²) in [4.78, 5) is 2.26. The van der Waals surface area contributed by atoms with Gasteiger partial charge in [0.1, 0.15) is 23.2 Å². The average molecular weight is 307 g/mol. The Balaban J connectivity index is 1.99. The lowest BCUT2D eigenvalue weighted by molar-refractivity contribution is -0.107. The summed E-state index contributed by atoms with van der Waals surface area (Å²) >= 11 is 0. The Kier molecular flexibility index (Phi) is 4.30. The standard InChI is InChI=1S/C17H25NO4/c1-4-21-12-6-5-7-13-14(12)15(19)16(17(2,3)22-13)18-8-10-20-11-9-18/h5-7,15-16,19H,4,8-11H2,1-3H3. The fourth-order valence-electron chi connectivity index (χ4n) is 3.56. The first-order valence-corrected chi connectivity index (χ1v) is 7.99. The van der Waals surface area contributed by atoms with Gasteiger partial charge in [0.25, 0.3) is 0 Å². The van der Waals surface area contributed by atoms with Gasteiger partial charge in [0.15, 0.2) is 0 Å². The van der Waals surface area contributed by atoms with Gasteiger partial charge in [0, 0.05) is 13.1 Å². The van der Waals surface area contributed by atoms with Gasteiger partial charge in [-0.1, -0.05) is 6.07 Å². The minimum absolute atomic E-state index is 0.120. The maximum atomic E-state index is 11.1. The summed E-state index contributed by atoms with van der Waals surface area (Å²) < 4.78 is 17.4. The molecule has 0 radical (unpaired) electrons. The third-order valence-corrected chi connectivity index (χ3v) is 4.45. The fourth-order valence-corrected chi connectivity index (χ4v) is 3.56. The Bertz CT molecular complexity index is 525. The molecule has 3 rings (SSSR count). The van der Waals surface area contributed by atoms with Crippen molar-refractivity contribution < 1.29 is 19.3 Å². The van der Waals surface area contributed by atoms with E-state index in [2.05, 4.69) is 4.90 Å². The van der Waals surface area contributed by atoms with E-state index in [1.807, 2.05) is 39.0 Å². The summed E-state index contributed by atoms with van der Waals surface area (Å²) in [5.41, 5.74) is 0.286. The van der Waals surface area contributed by atoms with Crippen LogP contribution >= 0.6 is 0 Å². The molecule has 5 heteroatoms. The number of rotatable bonds is 3. The van der Waals surface area contributed by atoms with E-state index >= 15 is 0 Å². The van der Waals surface area contributed by atoms with Crippen molar-refractivity contribution in [3.8, 4) is 11.5 Å². The highest BCUT2D eigenvalue weighted by molar-refractivity contribution is 5.49. The molecule has 0 aliphatic carbocycles. The fraction of sp³-hybridized carbons (Fsp3) is 0.647. The molecule has 2 heterocycles. The Morgan fingerprint density at radius 1 is 1.32 bits per heavy atom. The van der Waals surface area contributed by atoms with Crippen LogP contribution in [-0.4, -0.2) is 54.6 Å². The maximum Gasteiger partial charge on any atom is 0.129 e. The van der Waals surface area contributed by atoms with Crippen LogP contribution in [0.4, 0.5) is 0 Å². The zero-order valence-corrected chi connectivity index (χ0v) is 13.5. The summed E-state index contributed by atoms with van der Waals surface area (Å²) in [6.07, 6.45) is -0.639. The molecule has 22 heavy (non-hydrogen) atoms. The molecule has 1 saturated heterocycles. The summed E-state index contributed by atoms with van der Waals surface area (Å²) in [6.45, 7) is 9.58. The van der Waals surface area contributed by atoms with Crippen LogP contribution in [0.5, 0.6) is 11.5 Å². The van der Waals surface area contributed by atoms with E-state index in [0.717, 1.165) is 18.7 Å². The van der Waals surface area contributed by atoms with Crippen LogP contribution in [0, 0.1) is 0 Å². The second-order valence-corrected chi connectivity index (χ2v) is 6.34. The quantitative estimate of drug-likeness (QED) is 0.925. The van der Waals surface area contributed by atoms with Crippen molar-refractivity contribution in [2.24, 2.45) is 0 Å². The molecule has 0 saturated carbocycles. The normalized spacial score (nSPS) is 27.8. The van der Waals surface area contributed by atoms with Crippen LogP contribution in [0.2, 0.25) is 0 Å². The molecule has 122 valence electrons. The van der Waals surface area contributed by atoms with Crippen molar-refractivity contribution in [1.82, 2.24) is 4.90 Å². The molecule has 2 aliphatic heterocycles. The summed E-state index contributed by atoms with van der Waals surface area (Å²) in [6, 6.07) is 5.58. The minimum Gasteiger partial charge on any atom is -0.493 e. The highest BCUT2D eigenvalue weighted by Crippen LogP contribution is 2.46. The number of benzene rings is 1. The number of ether oxygens (including phenoxy) is 3. The van der Waals surface area contributed by atoms with Crippen LogP contribution in [0.15, 0.2) is 18.2 Å². The Morgan fingerprint density at radius 2 is 2.05 bits per heavy atom. The van der Waals surface area contributed by atoms with Crippen molar-refractivity contribution in [1.29, 1.82) is 0 Å². The van der Waals surface area contributed by atoms with Crippen molar-refractivity contribution >= 4 is 0 Å². The summed E-state index contributed by atoms with van der Waals surface area (Å²) in [7, 11) is 0. The van der Waals surface area contributed by atoms with Crippen LogP contribution in [-0.2, 0) is 4.74 Å². The first kappa shape index (κ1) is 15.6. The number of morpholine rings is 1. The van der Waals surface area contributed by atoms with Crippen LogP contribution < -0.4 is 9.47 Å². The van der Waals surface area contributed by atoms with Crippen LogP contribution in [0.1, 0.15) is 32.4 Å². The molecule has 2 atom stereocenters. The van der Waals surface area contributed by atoms with E-state index in [1.54, 1.807) is 0 Å². The maximum absolute atomic E-state index is 11.1. The zero-order chi connectivity index (χ0) is 15.7. The van der Waals surface area contributed by atoms with Crippen LogP contribution in [0.25, 0.3) is 0 Å². The second kappa shape index (κ2) is 6.07. The van der Waals surface area contributed by atoms with E-state index in [1.165, 1.54) is 0 Å². The van der Waals surface area contributed by atoms with Crippen molar-refractivity contribution in [3.05, 3.63) is 23.8 Å². The molecule has 0 aromatic heterocycles. The van der Waals surface area contributed by atoms with Crippen molar-refractivity contribution in [3.63, 3.8) is 0 Å². The van der Waals surface area contributed by atoms with Gasteiger partial charge in [0.2, 0.25) is 0 Å². The third-order valence-electron chi connectivity index (χ3n) is 4.45. The Labute approximate surface area is 131 Å². The predicted octanol–water partition coefficient (Wildman–Crippen LogP) is 1.99. The van der Waals surface area contributed by atoms with Gasteiger partial charge in [-0.25, -0.2) is 0 Å². The van der Waals surface area contributed by atoms with E-state index in [9.17, 15) is 5.11 Å². The number of nitrogens with zero attached hydrogens (tertiary/aromatic N) is 1. The smallest absolute Gasteiger partial charge is 0.129 e. The molecule has 0 bridgehead atoms. The lowest BCUT2D eigenvalue weighted by Gasteiger charge is -2.49. The van der Waals surface area contributed by atoms with Gasteiger partial charge in [-0.05, 0) is 32.9 Å². The van der Waals surface area contributed by atoms with Gasteiger partial charge in [-0.2, -0.15) is 0 Å². The highest BCUT2D eigenvalue weighted by atomic mass is 16.5. The highest BCUT2D eigenvalue weighted by Gasteiger charge is 2.47. The lowest BCUT2D eigenvalue weighted by atomic mass is 9.84. The molecule has 1 aromatic rings. The Hall–Kier alpha value is -1.30. The summed E-state index contributed by atoms with van der Waals surface area (Å²) in [5.74, 6) is 1.43. The van der Waals surface area contributed by atoms with E-state index in [-0.39, 0.29) is 6.04 Å². The second-order valence-electron chi connectivity index (χ2n) is 6.34. The first-order chi connectivity index (χ1) is 10.5.